The highest BCUT2D eigenvalue weighted by Gasteiger charge is 2.21. The first-order valence-electron chi connectivity index (χ1n) is 10.0. The van der Waals surface area contributed by atoms with Gasteiger partial charge in [0.05, 0.1) is 5.71 Å². The summed E-state index contributed by atoms with van der Waals surface area (Å²) in [6.45, 7) is 16.8. The second kappa shape index (κ2) is 8.92. The van der Waals surface area contributed by atoms with E-state index in [1.165, 1.54) is 11.3 Å². The van der Waals surface area contributed by atoms with Gasteiger partial charge in [0, 0.05) is 61.3 Å². The lowest BCUT2D eigenvalue weighted by Crippen LogP contribution is -2.44. The second-order valence-corrected chi connectivity index (χ2v) is 7.32. The van der Waals surface area contributed by atoms with E-state index < -0.39 is 0 Å². The van der Waals surface area contributed by atoms with Gasteiger partial charge in [-0.2, -0.15) is 0 Å². The lowest BCUT2D eigenvalue weighted by atomic mass is 9.95. The lowest BCUT2D eigenvalue weighted by Gasteiger charge is -2.39. The third-order valence-corrected chi connectivity index (χ3v) is 5.56. The van der Waals surface area contributed by atoms with Crippen LogP contribution in [-0.2, 0) is 0 Å². The molecule has 28 heavy (non-hydrogen) atoms. The number of rotatable bonds is 6. The zero-order valence-corrected chi connectivity index (χ0v) is 17.4. The second-order valence-electron chi connectivity index (χ2n) is 7.32. The van der Waals surface area contributed by atoms with Crippen molar-refractivity contribution in [2.75, 3.05) is 33.2 Å². The number of benzene rings is 2. The van der Waals surface area contributed by atoms with E-state index in [1.807, 2.05) is 7.05 Å². The van der Waals surface area contributed by atoms with Crippen LogP contribution in [0.5, 0.6) is 0 Å². The van der Waals surface area contributed by atoms with Gasteiger partial charge in [0.1, 0.15) is 0 Å². The number of hydrogen-bond donors (Lipinski definition) is 0. The molecule has 1 aliphatic heterocycles. The van der Waals surface area contributed by atoms with E-state index in [-0.39, 0.29) is 0 Å². The van der Waals surface area contributed by atoms with Gasteiger partial charge in [0.25, 0.3) is 0 Å². The SMILES string of the molecule is C=C(CC)N1CCN(C(=C)c2ccccc2C(=NC)c2ccc(C)cc2)CC1. The van der Waals surface area contributed by atoms with Crippen molar-refractivity contribution in [2.24, 2.45) is 4.99 Å². The Labute approximate surface area is 169 Å². The van der Waals surface area contributed by atoms with E-state index in [1.54, 1.807) is 0 Å². The minimum absolute atomic E-state index is 0.968. The Kier molecular flexibility index (Phi) is 6.35. The summed E-state index contributed by atoms with van der Waals surface area (Å²) in [7, 11) is 1.86. The van der Waals surface area contributed by atoms with E-state index >= 15 is 0 Å². The summed E-state index contributed by atoms with van der Waals surface area (Å²) in [4.78, 5) is 9.41. The summed E-state index contributed by atoms with van der Waals surface area (Å²) in [5.74, 6) is 0. The topological polar surface area (TPSA) is 18.8 Å². The van der Waals surface area contributed by atoms with E-state index in [4.69, 9.17) is 0 Å². The Balaban J connectivity index is 1.85. The van der Waals surface area contributed by atoms with E-state index in [0.29, 0.717) is 0 Å². The standard InChI is InChI=1S/C25H31N3/c1-6-20(3)27-15-17-28(18-16-27)21(4)23-9-7-8-10-24(23)25(26-5)22-13-11-19(2)12-14-22/h7-14H,3-4,6,15-18H2,1-2,5H3. The molecular weight excluding hydrogens is 342 g/mol. The predicted octanol–water partition coefficient (Wildman–Crippen LogP) is 4.97. The fourth-order valence-electron chi connectivity index (χ4n) is 3.74. The van der Waals surface area contributed by atoms with Crippen LogP contribution in [0.4, 0.5) is 0 Å². The summed E-state index contributed by atoms with van der Waals surface area (Å²) in [6, 6.07) is 17.0. The Morgan fingerprint density at radius 3 is 2.04 bits per heavy atom. The van der Waals surface area contributed by atoms with Gasteiger partial charge >= 0.3 is 0 Å². The molecule has 0 atom stereocenters. The zero-order chi connectivity index (χ0) is 20.1. The van der Waals surface area contributed by atoms with Crippen molar-refractivity contribution < 1.29 is 0 Å². The molecule has 0 aliphatic carbocycles. The lowest BCUT2D eigenvalue weighted by molar-refractivity contribution is 0.210. The predicted molar refractivity (Wildman–Crippen MR) is 121 cm³/mol. The molecule has 0 spiro atoms. The maximum atomic E-state index is 4.63. The molecule has 146 valence electrons. The maximum absolute atomic E-state index is 4.63. The summed E-state index contributed by atoms with van der Waals surface area (Å²) < 4.78 is 0. The number of allylic oxidation sites excluding steroid dienone is 1. The van der Waals surface area contributed by atoms with Crippen LogP contribution in [0.15, 0.2) is 72.4 Å². The Hall–Kier alpha value is -2.81. The molecule has 3 nitrogen and oxygen atoms in total. The third-order valence-electron chi connectivity index (χ3n) is 5.56. The number of aliphatic imine (C=N–C) groups is 1. The van der Waals surface area contributed by atoms with Crippen molar-refractivity contribution in [2.45, 2.75) is 20.3 Å². The average Bonchev–Trinajstić information content (AvgIpc) is 2.75. The monoisotopic (exact) mass is 373 g/mol. The molecule has 3 heteroatoms. The van der Waals surface area contributed by atoms with Gasteiger partial charge in [0.15, 0.2) is 0 Å². The first-order valence-corrected chi connectivity index (χ1v) is 10.0. The molecule has 0 radical (unpaired) electrons. The van der Waals surface area contributed by atoms with Gasteiger partial charge in [-0.1, -0.05) is 74.2 Å². The van der Waals surface area contributed by atoms with Crippen molar-refractivity contribution in [1.29, 1.82) is 0 Å². The minimum atomic E-state index is 0.968. The van der Waals surface area contributed by atoms with Crippen LogP contribution in [0, 0.1) is 6.92 Å². The molecule has 0 amide bonds. The van der Waals surface area contributed by atoms with Crippen molar-refractivity contribution in [3.63, 3.8) is 0 Å². The summed E-state index contributed by atoms with van der Waals surface area (Å²) >= 11 is 0. The quantitative estimate of drug-likeness (QED) is 0.666. The smallest absolute Gasteiger partial charge is 0.0722 e. The molecule has 1 fully saturated rings. The van der Waals surface area contributed by atoms with Crippen molar-refractivity contribution in [3.05, 3.63) is 89.6 Å². The van der Waals surface area contributed by atoms with Gasteiger partial charge in [-0.05, 0) is 13.3 Å². The molecule has 2 aromatic rings. The molecular formula is C25H31N3. The van der Waals surface area contributed by atoms with Gasteiger partial charge in [-0.25, -0.2) is 0 Å². The Morgan fingerprint density at radius 1 is 0.893 bits per heavy atom. The molecule has 1 heterocycles. The van der Waals surface area contributed by atoms with Crippen molar-refractivity contribution in [3.8, 4) is 0 Å². The van der Waals surface area contributed by atoms with E-state index in [2.05, 4.69) is 90.3 Å². The third kappa shape index (κ3) is 4.19. The fourth-order valence-corrected chi connectivity index (χ4v) is 3.74. The number of piperazine rings is 1. The van der Waals surface area contributed by atoms with Crippen LogP contribution >= 0.6 is 0 Å². The highest BCUT2D eigenvalue weighted by atomic mass is 15.3. The number of hydrogen-bond acceptors (Lipinski definition) is 3. The molecule has 0 aromatic heterocycles. The number of nitrogens with zero attached hydrogens (tertiary/aromatic N) is 3. The van der Waals surface area contributed by atoms with Gasteiger partial charge < -0.3 is 9.80 Å². The molecule has 1 aliphatic rings. The number of aryl methyl sites for hydroxylation is 1. The largest absolute Gasteiger partial charge is 0.372 e. The normalized spacial score (nSPS) is 14.9. The zero-order valence-electron chi connectivity index (χ0n) is 17.4. The average molecular weight is 374 g/mol. The molecule has 0 bridgehead atoms. The van der Waals surface area contributed by atoms with Crippen LogP contribution in [0.3, 0.4) is 0 Å². The van der Waals surface area contributed by atoms with Crippen LogP contribution in [0.25, 0.3) is 5.70 Å². The van der Waals surface area contributed by atoms with Crippen molar-refractivity contribution >= 4 is 11.4 Å². The maximum Gasteiger partial charge on any atom is 0.0722 e. The van der Waals surface area contributed by atoms with Crippen LogP contribution in [-0.4, -0.2) is 48.7 Å². The van der Waals surface area contributed by atoms with Gasteiger partial charge in [0.2, 0.25) is 0 Å². The van der Waals surface area contributed by atoms with E-state index in [9.17, 15) is 0 Å². The van der Waals surface area contributed by atoms with Crippen LogP contribution < -0.4 is 0 Å². The molecule has 3 rings (SSSR count). The Bertz CT molecular complexity index is 869. The molecule has 0 saturated carbocycles. The molecule has 0 unspecified atom stereocenters. The highest BCUT2D eigenvalue weighted by molar-refractivity contribution is 6.15. The minimum Gasteiger partial charge on any atom is -0.372 e. The Morgan fingerprint density at radius 2 is 1.46 bits per heavy atom. The fraction of sp³-hybridized carbons (Fsp3) is 0.320. The first-order chi connectivity index (χ1) is 13.5. The van der Waals surface area contributed by atoms with E-state index in [0.717, 1.165) is 60.7 Å². The summed E-state index contributed by atoms with van der Waals surface area (Å²) in [5.41, 5.74) is 8.00. The van der Waals surface area contributed by atoms with Crippen LogP contribution in [0.1, 0.15) is 35.6 Å². The molecule has 1 saturated heterocycles. The van der Waals surface area contributed by atoms with Gasteiger partial charge in [-0.15, -0.1) is 0 Å². The molecule has 2 aromatic carbocycles. The summed E-state index contributed by atoms with van der Waals surface area (Å²) in [6.07, 6.45) is 1.01. The van der Waals surface area contributed by atoms with Gasteiger partial charge in [-0.3, -0.25) is 4.99 Å². The molecule has 0 N–H and O–H groups in total. The summed E-state index contributed by atoms with van der Waals surface area (Å²) in [5, 5.41) is 0. The van der Waals surface area contributed by atoms with Crippen molar-refractivity contribution in [1.82, 2.24) is 9.80 Å². The van der Waals surface area contributed by atoms with Crippen LogP contribution in [0.2, 0.25) is 0 Å². The first kappa shape index (κ1) is 19.9. The highest BCUT2D eigenvalue weighted by Crippen LogP contribution is 2.26.